The Morgan fingerprint density at radius 3 is 2.25 bits per heavy atom. The number of unbranched alkanes of at least 4 members (excludes halogenated alkanes) is 1. The van der Waals surface area contributed by atoms with Gasteiger partial charge < -0.3 is 10.1 Å². The summed E-state index contributed by atoms with van der Waals surface area (Å²) >= 11 is 5.90. The standard InChI is InChI=1S/C22H22ClN3O2/c1-2-3-14-28-21-18(15-24-22(23)26-21)20(27)25-19(16-10-6-4-7-11-16)17-12-8-5-9-13-17/h4-13,15,19H,2-3,14H2,1H3,(H,25,27). The summed E-state index contributed by atoms with van der Waals surface area (Å²) in [7, 11) is 0. The second-order valence-corrected chi connectivity index (χ2v) is 6.63. The second kappa shape index (κ2) is 9.85. The molecular weight excluding hydrogens is 374 g/mol. The molecule has 0 aliphatic rings. The van der Waals surface area contributed by atoms with Gasteiger partial charge in [-0.15, -0.1) is 0 Å². The molecule has 6 heteroatoms. The van der Waals surface area contributed by atoms with Crippen molar-refractivity contribution in [3.05, 3.63) is 88.8 Å². The number of rotatable bonds is 8. The third kappa shape index (κ3) is 5.08. The predicted molar refractivity (Wildman–Crippen MR) is 110 cm³/mol. The zero-order valence-corrected chi connectivity index (χ0v) is 16.4. The summed E-state index contributed by atoms with van der Waals surface area (Å²) in [4.78, 5) is 21.1. The summed E-state index contributed by atoms with van der Waals surface area (Å²) in [5.74, 6) is -0.119. The van der Waals surface area contributed by atoms with E-state index in [1.165, 1.54) is 6.20 Å². The van der Waals surface area contributed by atoms with E-state index in [2.05, 4.69) is 22.2 Å². The van der Waals surface area contributed by atoms with E-state index >= 15 is 0 Å². The molecule has 0 atom stereocenters. The highest BCUT2D eigenvalue weighted by atomic mass is 35.5. The maximum absolute atomic E-state index is 13.1. The van der Waals surface area contributed by atoms with E-state index in [-0.39, 0.29) is 28.7 Å². The number of halogens is 1. The van der Waals surface area contributed by atoms with Gasteiger partial charge in [0.2, 0.25) is 11.2 Å². The summed E-state index contributed by atoms with van der Waals surface area (Å²) < 4.78 is 5.68. The molecule has 144 valence electrons. The number of amides is 1. The van der Waals surface area contributed by atoms with Crippen LogP contribution in [0.4, 0.5) is 0 Å². The van der Waals surface area contributed by atoms with Crippen LogP contribution < -0.4 is 10.1 Å². The minimum atomic E-state index is -0.319. The maximum atomic E-state index is 13.1. The van der Waals surface area contributed by atoms with Gasteiger partial charge in [0.15, 0.2) is 0 Å². The number of hydrogen-bond acceptors (Lipinski definition) is 4. The highest BCUT2D eigenvalue weighted by molar-refractivity contribution is 6.28. The normalized spacial score (nSPS) is 10.7. The van der Waals surface area contributed by atoms with Crippen molar-refractivity contribution >= 4 is 17.5 Å². The second-order valence-electron chi connectivity index (χ2n) is 6.29. The van der Waals surface area contributed by atoms with Gasteiger partial charge in [-0.25, -0.2) is 4.98 Å². The lowest BCUT2D eigenvalue weighted by atomic mass is 9.98. The van der Waals surface area contributed by atoms with E-state index in [4.69, 9.17) is 16.3 Å². The lowest BCUT2D eigenvalue weighted by Crippen LogP contribution is -2.30. The van der Waals surface area contributed by atoms with Crippen molar-refractivity contribution in [2.45, 2.75) is 25.8 Å². The van der Waals surface area contributed by atoms with Crippen molar-refractivity contribution in [1.82, 2.24) is 15.3 Å². The van der Waals surface area contributed by atoms with Gasteiger partial charge in [-0.3, -0.25) is 4.79 Å². The minimum absolute atomic E-state index is 0.0470. The fourth-order valence-electron chi connectivity index (χ4n) is 2.78. The molecule has 0 aliphatic carbocycles. The molecule has 0 radical (unpaired) electrons. The van der Waals surface area contributed by atoms with Crippen LogP contribution in [0, 0.1) is 0 Å². The van der Waals surface area contributed by atoms with Gasteiger partial charge in [-0.05, 0) is 29.1 Å². The van der Waals surface area contributed by atoms with Gasteiger partial charge in [0, 0.05) is 6.20 Å². The summed E-state index contributed by atoms with van der Waals surface area (Å²) in [6, 6.07) is 19.3. The topological polar surface area (TPSA) is 64.1 Å². The third-order valence-electron chi connectivity index (χ3n) is 4.25. The molecular formula is C22H22ClN3O2. The van der Waals surface area contributed by atoms with Crippen molar-refractivity contribution in [1.29, 1.82) is 0 Å². The van der Waals surface area contributed by atoms with E-state index in [0.717, 1.165) is 24.0 Å². The Morgan fingerprint density at radius 1 is 1.07 bits per heavy atom. The third-order valence-corrected chi connectivity index (χ3v) is 4.43. The largest absolute Gasteiger partial charge is 0.477 e. The van der Waals surface area contributed by atoms with E-state index in [1.807, 2.05) is 60.7 Å². The molecule has 0 fully saturated rings. The van der Waals surface area contributed by atoms with Crippen LogP contribution >= 0.6 is 11.6 Å². The van der Waals surface area contributed by atoms with Crippen molar-refractivity contribution < 1.29 is 9.53 Å². The summed E-state index contributed by atoms with van der Waals surface area (Å²) in [6.07, 6.45) is 3.24. The lowest BCUT2D eigenvalue weighted by molar-refractivity contribution is 0.0937. The molecule has 0 saturated carbocycles. The minimum Gasteiger partial charge on any atom is -0.477 e. The maximum Gasteiger partial charge on any atom is 0.259 e. The fraction of sp³-hybridized carbons (Fsp3) is 0.227. The summed E-state index contributed by atoms with van der Waals surface area (Å²) in [5.41, 5.74) is 2.22. The Kier molecular flexibility index (Phi) is 6.98. The Bertz CT molecular complexity index is 865. The molecule has 0 spiro atoms. The van der Waals surface area contributed by atoms with Crippen molar-refractivity contribution in [3.8, 4) is 5.88 Å². The number of nitrogens with one attached hydrogen (secondary N) is 1. The number of hydrogen-bond donors (Lipinski definition) is 1. The Morgan fingerprint density at radius 2 is 1.68 bits per heavy atom. The number of benzene rings is 2. The first-order valence-corrected chi connectivity index (χ1v) is 9.63. The predicted octanol–water partition coefficient (Wildman–Crippen LogP) is 4.83. The van der Waals surface area contributed by atoms with Gasteiger partial charge in [0.1, 0.15) is 5.56 Å². The highest BCUT2D eigenvalue weighted by Gasteiger charge is 2.21. The molecule has 0 aliphatic heterocycles. The average Bonchev–Trinajstić information content (AvgIpc) is 2.73. The molecule has 2 aromatic carbocycles. The molecule has 1 amide bonds. The Hall–Kier alpha value is -2.92. The zero-order valence-electron chi connectivity index (χ0n) is 15.6. The van der Waals surface area contributed by atoms with Crippen LogP contribution in [0.3, 0.4) is 0 Å². The molecule has 5 nitrogen and oxygen atoms in total. The van der Waals surface area contributed by atoms with Crippen LogP contribution in [0.1, 0.15) is 47.3 Å². The molecule has 0 unspecified atom stereocenters. The quantitative estimate of drug-likeness (QED) is 0.438. The van der Waals surface area contributed by atoms with Crippen LogP contribution in [0.15, 0.2) is 66.9 Å². The molecule has 0 bridgehead atoms. The average molecular weight is 396 g/mol. The van der Waals surface area contributed by atoms with Crippen molar-refractivity contribution in [3.63, 3.8) is 0 Å². The van der Waals surface area contributed by atoms with E-state index < -0.39 is 0 Å². The van der Waals surface area contributed by atoms with Gasteiger partial charge in [0.05, 0.1) is 12.6 Å². The number of nitrogens with zero attached hydrogens (tertiary/aromatic N) is 2. The van der Waals surface area contributed by atoms with Crippen LogP contribution in [-0.2, 0) is 0 Å². The molecule has 1 heterocycles. The molecule has 3 aromatic rings. The van der Waals surface area contributed by atoms with E-state index in [1.54, 1.807) is 0 Å². The van der Waals surface area contributed by atoms with E-state index in [9.17, 15) is 4.79 Å². The number of aromatic nitrogens is 2. The monoisotopic (exact) mass is 395 g/mol. The molecule has 28 heavy (non-hydrogen) atoms. The number of ether oxygens (including phenoxy) is 1. The zero-order chi connectivity index (χ0) is 19.8. The number of carbonyl (C=O) groups is 1. The first kappa shape index (κ1) is 19.8. The van der Waals surface area contributed by atoms with Crippen LogP contribution in [0.2, 0.25) is 5.28 Å². The SMILES string of the molecule is CCCCOc1nc(Cl)ncc1C(=O)NC(c1ccccc1)c1ccccc1. The number of carbonyl (C=O) groups excluding carboxylic acids is 1. The first-order valence-electron chi connectivity index (χ1n) is 9.25. The Labute approximate surface area is 169 Å². The van der Waals surface area contributed by atoms with Crippen LogP contribution in [-0.4, -0.2) is 22.5 Å². The molecule has 3 rings (SSSR count). The molecule has 1 N–H and O–H groups in total. The highest BCUT2D eigenvalue weighted by Crippen LogP contribution is 2.24. The van der Waals surface area contributed by atoms with Gasteiger partial charge in [-0.2, -0.15) is 4.98 Å². The first-order chi connectivity index (χ1) is 13.7. The van der Waals surface area contributed by atoms with Crippen LogP contribution in [0.25, 0.3) is 0 Å². The van der Waals surface area contributed by atoms with Crippen molar-refractivity contribution in [2.75, 3.05) is 6.61 Å². The van der Waals surface area contributed by atoms with Gasteiger partial charge in [-0.1, -0.05) is 74.0 Å². The van der Waals surface area contributed by atoms with Crippen LogP contribution in [0.5, 0.6) is 5.88 Å². The summed E-state index contributed by atoms with van der Waals surface area (Å²) in [5, 5.41) is 3.12. The van der Waals surface area contributed by atoms with Crippen molar-refractivity contribution in [2.24, 2.45) is 0 Å². The molecule has 0 saturated heterocycles. The summed E-state index contributed by atoms with van der Waals surface area (Å²) in [6.45, 7) is 2.53. The van der Waals surface area contributed by atoms with Gasteiger partial charge in [0.25, 0.3) is 5.91 Å². The molecule has 1 aromatic heterocycles. The lowest BCUT2D eigenvalue weighted by Gasteiger charge is -2.20. The van der Waals surface area contributed by atoms with E-state index in [0.29, 0.717) is 6.61 Å². The smallest absolute Gasteiger partial charge is 0.259 e. The fourth-order valence-corrected chi connectivity index (χ4v) is 2.91. The Balaban J connectivity index is 1.88. The van der Waals surface area contributed by atoms with Gasteiger partial charge >= 0.3 is 0 Å².